The molecular formula is C16H20Cl2N2O3. The number of halogens is 2. The summed E-state index contributed by atoms with van der Waals surface area (Å²) in [6, 6.07) is 4.53. The maximum Gasteiger partial charge on any atom is 0.321 e. The van der Waals surface area contributed by atoms with Crippen molar-refractivity contribution in [3.8, 4) is 0 Å². The molecule has 23 heavy (non-hydrogen) atoms. The highest BCUT2D eigenvalue weighted by molar-refractivity contribution is 6.42. The van der Waals surface area contributed by atoms with Crippen LogP contribution in [0.1, 0.15) is 31.7 Å². The molecule has 1 saturated heterocycles. The molecule has 0 radical (unpaired) electrons. The zero-order valence-corrected chi connectivity index (χ0v) is 14.6. The predicted molar refractivity (Wildman–Crippen MR) is 90.0 cm³/mol. The minimum atomic E-state index is -0.949. The van der Waals surface area contributed by atoms with Crippen molar-refractivity contribution in [1.29, 1.82) is 0 Å². The second-order valence-corrected chi connectivity index (χ2v) is 6.65. The van der Waals surface area contributed by atoms with Crippen molar-refractivity contribution in [3.05, 3.63) is 33.8 Å². The van der Waals surface area contributed by atoms with E-state index in [4.69, 9.17) is 27.9 Å². The molecule has 2 N–H and O–H groups in total. The van der Waals surface area contributed by atoms with Gasteiger partial charge in [0.2, 0.25) is 5.91 Å². The van der Waals surface area contributed by atoms with E-state index in [-0.39, 0.29) is 6.10 Å². The lowest BCUT2D eigenvalue weighted by atomic mass is 9.76. The average Bonchev–Trinajstić information content (AvgIpc) is 3.02. The number of ether oxygens (including phenoxy) is 1. The van der Waals surface area contributed by atoms with Crippen molar-refractivity contribution >= 4 is 35.1 Å². The van der Waals surface area contributed by atoms with Crippen LogP contribution in [0.5, 0.6) is 0 Å². The largest absolute Gasteiger partial charge is 0.378 e. The molecule has 1 heterocycles. The smallest absolute Gasteiger partial charge is 0.321 e. The highest BCUT2D eigenvalue weighted by Gasteiger charge is 2.39. The fraction of sp³-hybridized carbons (Fsp3) is 0.500. The second kappa shape index (κ2) is 7.51. The predicted octanol–water partition coefficient (Wildman–Crippen LogP) is 3.28. The first kappa shape index (κ1) is 18.0. The number of carbonyl (C=O) groups is 2. The van der Waals surface area contributed by atoms with Crippen molar-refractivity contribution in [2.45, 2.75) is 37.7 Å². The van der Waals surface area contributed by atoms with Gasteiger partial charge in [0, 0.05) is 13.7 Å². The molecule has 0 aliphatic carbocycles. The van der Waals surface area contributed by atoms with Crippen LogP contribution in [0.15, 0.2) is 18.2 Å². The van der Waals surface area contributed by atoms with E-state index in [0.717, 1.165) is 12.8 Å². The highest BCUT2D eigenvalue weighted by atomic mass is 35.5. The Hall–Kier alpha value is -1.30. The van der Waals surface area contributed by atoms with Gasteiger partial charge >= 0.3 is 6.03 Å². The molecule has 2 rings (SSSR count). The molecule has 1 aromatic carbocycles. The Labute approximate surface area is 145 Å². The van der Waals surface area contributed by atoms with E-state index in [1.165, 1.54) is 7.05 Å². The number of nitrogens with one attached hydrogen (secondary N) is 2. The molecule has 126 valence electrons. The zero-order valence-electron chi connectivity index (χ0n) is 13.1. The van der Waals surface area contributed by atoms with Gasteiger partial charge < -0.3 is 10.1 Å². The number of hydrogen-bond donors (Lipinski definition) is 2. The first-order valence-corrected chi connectivity index (χ1v) is 8.22. The zero-order chi connectivity index (χ0) is 17.0. The Morgan fingerprint density at radius 2 is 2.09 bits per heavy atom. The molecule has 2 unspecified atom stereocenters. The maximum atomic E-state index is 12.7. The minimum absolute atomic E-state index is 0.0232. The summed E-state index contributed by atoms with van der Waals surface area (Å²) in [5.41, 5.74) is -0.251. The van der Waals surface area contributed by atoms with Crippen LogP contribution in [-0.2, 0) is 14.9 Å². The Kier molecular flexibility index (Phi) is 5.89. The SMILES string of the molecule is CNC(=O)NC(=O)C(C)(CC1CCCO1)c1ccc(Cl)c(Cl)c1. The van der Waals surface area contributed by atoms with Crippen LogP contribution in [0.25, 0.3) is 0 Å². The van der Waals surface area contributed by atoms with Gasteiger partial charge in [0.15, 0.2) is 0 Å². The third-order valence-electron chi connectivity index (χ3n) is 4.17. The number of imide groups is 1. The Bertz CT molecular complexity index is 603. The lowest BCUT2D eigenvalue weighted by molar-refractivity contribution is -0.126. The van der Waals surface area contributed by atoms with Crippen LogP contribution in [0.2, 0.25) is 10.0 Å². The van der Waals surface area contributed by atoms with E-state index in [0.29, 0.717) is 28.6 Å². The van der Waals surface area contributed by atoms with E-state index < -0.39 is 17.4 Å². The molecule has 3 amide bonds. The van der Waals surface area contributed by atoms with Crippen LogP contribution in [0.4, 0.5) is 4.79 Å². The summed E-state index contributed by atoms with van der Waals surface area (Å²) in [6.45, 7) is 2.48. The molecule has 2 atom stereocenters. The van der Waals surface area contributed by atoms with Gasteiger partial charge in [-0.15, -0.1) is 0 Å². The van der Waals surface area contributed by atoms with Crippen LogP contribution in [0, 0.1) is 0 Å². The van der Waals surface area contributed by atoms with Gasteiger partial charge in [0.25, 0.3) is 0 Å². The van der Waals surface area contributed by atoms with Gasteiger partial charge in [-0.2, -0.15) is 0 Å². The van der Waals surface area contributed by atoms with Crippen LogP contribution >= 0.6 is 23.2 Å². The molecule has 1 aliphatic rings. The van der Waals surface area contributed by atoms with Gasteiger partial charge in [0.1, 0.15) is 0 Å². The third kappa shape index (κ3) is 4.16. The number of urea groups is 1. The summed E-state index contributed by atoms with van der Waals surface area (Å²) in [6.07, 6.45) is 2.31. The molecule has 0 bridgehead atoms. The summed E-state index contributed by atoms with van der Waals surface area (Å²) in [4.78, 5) is 24.3. The molecule has 0 spiro atoms. The normalized spacial score (nSPS) is 19.9. The van der Waals surface area contributed by atoms with Crippen LogP contribution in [0.3, 0.4) is 0 Å². The van der Waals surface area contributed by atoms with Gasteiger partial charge in [-0.25, -0.2) is 4.79 Å². The topological polar surface area (TPSA) is 67.4 Å². The molecule has 7 heteroatoms. The van der Waals surface area contributed by atoms with E-state index >= 15 is 0 Å². The van der Waals surface area contributed by atoms with E-state index in [1.807, 2.05) is 0 Å². The first-order valence-electron chi connectivity index (χ1n) is 7.47. The van der Waals surface area contributed by atoms with Crippen molar-refractivity contribution in [1.82, 2.24) is 10.6 Å². The molecule has 0 aromatic heterocycles. The quantitative estimate of drug-likeness (QED) is 0.867. The third-order valence-corrected chi connectivity index (χ3v) is 4.91. The van der Waals surface area contributed by atoms with Crippen molar-refractivity contribution in [2.24, 2.45) is 0 Å². The molecular weight excluding hydrogens is 339 g/mol. The maximum absolute atomic E-state index is 12.7. The number of benzene rings is 1. The Morgan fingerprint density at radius 1 is 1.35 bits per heavy atom. The van der Waals surface area contributed by atoms with Gasteiger partial charge in [-0.3, -0.25) is 10.1 Å². The summed E-state index contributed by atoms with van der Waals surface area (Å²) < 4.78 is 5.67. The van der Waals surface area contributed by atoms with Crippen molar-refractivity contribution in [3.63, 3.8) is 0 Å². The molecule has 1 fully saturated rings. The highest BCUT2D eigenvalue weighted by Crippen LogP contribution is 2.36. The number of carbonyl (C=O) groups excluding carboxylic acids is 2. The summed E-state index contributed by atoms with van der Waals surface area (Å²) in [5, 5.41) is 5.53. The fourth-order valence-electron chi connectivity index (χ4n) is 2.75. The lowest BCUT2D eigenvalue weighted by Crippen LogP contribution is -2.49. The van der Waals surface area contributed by atoms with Gasteiger partial charge in [-0.1, -0.05) is 29.3 Å². The second-order valence-electron chi connectivity index (χ2n) is 5.83. The summed E-state index contributed by atoms with van der Waals surface area (Å²) in [5.74, 6) is -0.397. The molecule has 0 saturated carbocycles. The van der Waals surface area contributed by atoms with E-state index in [2.05, 4.69) is 10.6 Å². The fourth-order valence-corrected chi connectivity index (χ4v) is 3.04. The number of amides is 3. The summed E-state index contributed by atoms with van der Waals surface area (Å²) >= 11 is 12.1. The molecule has 5 nitrogen and oxygen atoms in total. The number of rotatable bonds is 4. The Morgan fingerprint density at radius 3 is 2.65 bits per heavy atom. The first-order chi connectivity index (χ1) is 10.9. The van der Waals surface area contributed by atoms with E-state index in [1.54, 1.807) is 25.1 Å². The standard InChI is InChI=1S/C16H20Cl2N2O3/c1-16(9-11-4-3-7-23-11,14(21)20-15(22)19-2)10-5-6-12(17)13(18)8-10/h5-6,8,11H,3-4,7,9H2,1-2H3,(H2,19,20,21,22). The summed E-state index contributed by atoms with van der Waals surface area (Å²) in [7, 11) is 1.46. The van der Waals surface area contributed by atoms with Crippen molar-refractivity contribution in [2.75, 3.05) is 13.7 Å². The average molecular weight is 359 g/mol. The van der Waals surface area contributed by atoms with Crippen molar-refractivity contribution < 1.29 is 14.3 Å². The molecule has 1 aliphatic heterocycles. The Balaban J connectivity index is 2.34. The molecule has 1 aromatic rings. The number of hydrogen-bond acceptors (Lipinski definition) is 3. The lowest BCUT2D eigenvalue weighted by Gasteiger charge is -2.31. The van der Waals surface area contributed by atoms with Crippen LogP contribution in [-0.4, -0.2) is 31.7 Å². The monoisotopic (exact) mass is 358 g/mol. The minimum Gasteiger partial charge on any atom is -0.378 e. The van der Waals surface area contributed by atoms with Crippen LogP contribution < -0.4 is 10.6 Å². The van der Waals surface area contributed by atoms with Gasteiger partial charge in [-0.05, 0) is 43.9 Å². The van der Waals surface area contributed by atoms with Gasteiger partial charge in [0.05, 0.1) is 21.6 Å². The van der Waals surface area contributed by atoms with E-state index in [9.17, 15) is 9.59 Å².